The van der Waals surface area contributed by atoms with Crippen LogP contribution in [0, 0.1) is 6.92 Å². The number of methoxy groups -OCH3 is 1. The van der Waals surface area contributed by atoms with E-state index in [0.29, 0.717) is 37.0 Å². The van der Waals surface area contributed by atoms with Gasteiger partial charge in [0, 0.05) is 32.3 Å². The molecule has 0 spiro atoms. The minimum absolute atomic E-state index is 0.187. The number of rotatable bonds is 9. The molecule has 1 fully saturated rings. The Morgan fingerprint density at radius 2 is 2.19 bits per heavy atom. The highest BCUT2D eigenvalue weighted by Gasteiger charge is 2.27. The molecule has 1 heterocycles. The molecule has 0 bridgehead atoms. The first-order chi connectivity index (χ1) is 9.94. The molecular weight excluding hydrogens is 292 g/mol. The third-order valence-corrected chi connectivity index (χ3v) is 5.27. The van der Waals surface area contributed by atoms with Crippen molar-refractivity contribution in [2.45, 2.75) is 56.6 Å². The number of H-pyrrole nitrogens is 1. The SMILES string of the molecule is COCCC(C)NS(=O)(=O)c1c(CNC2CC2)n[nH]c1C. The lowest BCUT2D eigenvalue weighted by atomic mass is 10.3. The molecule has 1 aromatic heterocycles. The van der Waals surface area contributed by atoms with E-state index in [1.165, 1.54) is 0 Å². The minimum atomic E-state index is -3.57. The van der Waals surface area contributed by atoms with Crippen LogP contribution in [0.25, 0.3) is 0 Å². The van der Waals surface area contributed by atoms with Gasteiger partial charge in [-0.05, 0) is 33.1 Å². The van der Waals surface area contributed by atoms with E-state index in [9.17, 15) is 8.42 Å². The number of hydrogen-bond acceptors (Lipinski definition) is 5. The minimum Gasteiger partial charge on any atom is -0.385 e. The monoisotopic (exact) mass is 316 g/mol. The Kier molecular flexibility index (Phi) is 5.37. The van der Waals surface area contributed by atoms with Gasteiger partial charge < -0.3 is 10.1 Å². The summed E-state index contributed by atoms with van der Waals surface area (Å²) in [5.41, 5.74) is 1.11. The quantitative estimate of drug-likeness (QED) is 0.622. The fourth-order valence-electron chi connectivity index (χ4n) is 2.15. The van der Waals surface area contributed by atoms with Crippen molar-refractivity contribution in [3.63, 3.8) is 0 Å². The molecule has 1 aliphatic carbocycles. The Hall–Kier alpha value is -0.960. The third-order valence-electron chi connectivity index (χ3n) is 3.48. The number of aromatic amines is 1. The summed E-state index contributed by atoms with van der Waals surface area (Å²) < 4.78 is 32.7. The van der Waals surface area contributed by atoms with Crippen molar-refractivity contribution in [1.29, 1.82) is 0 Å². The van der Waals surface area contributed by atoms with Gasteiger partial charge in [0.15, 0.2) is 0 Å². The lowest BCUT2D eigenvalue weighted by Gasteiger charge is -2.14. The summed E-state index contributed by atoms with van der Waals surface area (Å²) in [6.07, 6.45) is 2.93. The molecular formula is C13H24N4O3S. The largest absolute Gasteiger partial charge is 0.385 e. The lowest BCUT2D eigenvalue weighted by molar-refractivity contribution is 0.188. The molecule has 2 rings (SSSR count). The van der Waals surface area contributed by atoms with E-state index in [0.717, 1.165) is 12.8 Å². The molecule has 21 heavy (non-hydrogen) atoms. The molecule has 120 valence electrons. The zero-order valence-electron chi connectivity index (χ0n) is 12.8. The molecule has 1 saturated carbocycles. The second kappa shape index (κ2) is 6.87. The van der Waals surface area contributed by atoms with E-state index in [1.54, 1.807) is 14.0 Å². The first-order valence-electron chi connectivity index (χ1n) is 7.22. The summed E-state index contributed by atoms with van der Waals surface area (Å²) in [5, 5.41) is 10.2. The van der Waals surface area contributed by atoms with E-state index < -0.39 is 10.0 Å². The van der Waals surface area contributed by atoms with Crippen molar-refractivity contribution in [2.24, 2.45) is 0 Å². The molecule has 1 aliphatic rings. The molecule has 1 atom stereocenters. The van der Waals surface area contributed by atoms with E-state index in [2.05, 4.69) is 20.2 Å². The average Bonchev–Trinajstić information content (AvgIpc) is 3.16. The van der Waals surface area contributed by atoms with Crippen LogP contribution in [0.2, 0.25) is 0 Å². The number of ether oxygens (including phenoxy) is 1. The fourth-order valence-corrected chi connectivity index (χ4v) is 3.79. The maximum atomic E-state index is 12.5. The lowest BCUT2D eigenvalue weighted by Crippen LogP contribution is -2.34. The number of hydrogen-bond donors (Lipinski definition) is 3. The topological polar surface area (TPSA) is 96.1 Å². The third kappa shape index (κ3) is 4.50. The predicted octanol–water partition coefficient (Wildman–Crippen LogP) is 0.673. The van der Waals surface area contributed by atoms with Crippen LogP contribution in [0.4, 0.5) is 0 Å². The van der Waals surface area contributed by atoms with Crippen LogP contribution in [0.5, 0.6) is 0 Å². The van der Waals surface area contributed by atoms with Gasteiger partial charge in [0.2, 0.25) is 10.0 Å². The molecule has 7 nitrogen and oxygen atoms in total. The molecule has 8 heteroatoms. The molecule has 0 aromatic carbocycles. The summed E-state index contributed by atoms with van der Waals surface area (Å²) in [7, 11) is -1.97. The van der Waals surface area contributed by atoms with Crippen molar-refractivity contribution in [3.05, 3.63) is 11.4 Å². The van der Waals surface area contributed by atoms with Crippen molar-refractivity contribution in [1.82, 2.24) is 20.2 Å². The Morgan fingerprint density at radius 1 is 1.48 bits per heavy atom. The molecule has 0 radical (unpaired) electrons. The highest BCUT2D eigenvalue weighted by Crippen LogP contribution is 2.22. The first-order valence-corrected chi connectivity index (χ1v) is 8.71. The number of aryl methyl sites for hydroxylation is 1. The number of nitrogens with zero attached hydrogens (tertiary/aromatic N) is 1. The van der Waals surface area contributed by atoms with Crippen LogP contribution in [-0.2, 0) is 21.3 Å². The smallest absolute Gasteiger partial charge is 0.244 e. The highest BCUT2D eigenvalue weighted by molar-refractivity contribution is 7.89. The highest BCUT2D eigenvalue weighted by atomic mass is 32.2. The molecule has 0 saturated heterocycles. The summed E-state index contributed by atoms with van der Waals surface area (Å²) in [6, 6.07) is 0.319. The molecule has 0 aliphatic heterocycles. The summed E-state index contributed by atoms with van der Waals surface area (Å²) in [6.45, 7) is 4.54. The van der Waals surface area contributed by atoms with Gasteiger partial charge >= 0.3 is 0 Å². The molecule has 3 N–H and O–H groups in total. The van der Waals surface area contributed by atoms with Crippen LogP contribution in [0.1, 0.15) is 37.6 Å². The zero-order chi connectivity index (χ0) is 15.5. The van der Waals surface area contributed by atoms with E-state index in [1.807, 2.05) is 6.92 Å². The average molecular weight is 316 g/mol. The van der Waals surface area contributed by atoms with E-state index in [4.69, 9.17) is 4.74 Å². The van der Waals surface area contributed by atoms with Gasteiger partial charge in [0.25, 0.3) is 0 Å². The van der Waals surface area contributed by atoms with Crippen molar-refractivity contribution >= 4 is 10.0 Å². The number of nitrogens with one attached hydrogen (secondary N) is 3. The van der Waals surface area contributed by atoms with Crippen LogP contribution in [-0.4, -0.2) is 44.4 Å². The predicted molar refractivity (Wildman–Crippen MR) is 79.5 cm³/mol. The molecule has 1 aromatic rings. The first kappa shape index (κ1) is 16.4. The number of aromatic nitrogens is 2. The van der Waals surface area contributed by atoms with Crippen LogP contribution in [0.3, 0.4) is 0 Å². The van der Waals surface area contributed by atoms with Crippen molar-refractivity contribution < 1.29 is 13.2 Å². The zero-order valence-corrected chi connectivity index (χ0v) is 13.6. The van der Waals surface area contributed by atoms with Gasteiger partial charge in [-0.15, -0.1) is 0 Å². The summed E-state index contributed by atoms with van der Waals surface area (Å²) >= 11 is 0. The fraction of sp³-hybridized carbons (Fsp3) is 0.769. The van der Waals surface area contributed by atoms with Gasteiger partial charge in [0.05, 0.1) is 11.4 Å². The van der Waals surface area contributed by atoms with Gasteiger partial charge in [-0.2, -0.15) is 5.10 Å². The van der Waals surface area contributed by atoms with Crippen molar-refractivity contribution in [3.8, 4) is 0 Å². The Balaban J connectivity index is 2.08. The van der Waals surface area contributed by atoms with E-state index >= 15 is 0 Å². The molecule has 1 unspecified atom stereocenters. The standard InChI is InChI=1S/C13H24N4O3S/c1-9(6-7-20-3)17-21(18,19)13-10(2)15-16-12(13)8-14-11-4-5-11/h9,11,14,17H,4-8H2,1-3H3,(H,15,16). The van der Waals surface area contributed by atoms with Crippen LogP contribution < -0.4 is 10.0 Å². The van der Waals surface area contributed by atoms with Crippen LogP contribution >= 0.6 is 0 Å². The summed E-state index contributed by atoms with van der Waals surface area (Å²) in [4.78, 5) is 0.264. The molecule has 0 amide bonds. The Bertz CT molecular complexity index is 566. The second-order valence-corrected chi connectivity index (χ2v) is 7.23. The van der Waals surface area contributed by atoms with Gasteiger partial charge in [0.1, 0.15) is 4.90 Å². The second-order valence-electron chi connectivity index (χ2n) is 5.58. The maximum Gasteiger partial charge on any atom is 0.244 e. The van der Waals surface area contributed by atoms with Crippen molar-refractivity contribution in [2.75, 3.05) is 13.7 Å². The normalized spacial score (nSPS) is 17.1. The maximum absolute atomic E-state index is 12.5. The van der Waals surface area contributed by atoms with Gasteiger partial charge in [-0.1, -0.05) is 0 Å². The number of sulfonamides is 1. The van der Waals surface area contributed by atoms with E-state index in [-0.39, 0.29) is 10.9 Å². The summed E-state index contributed by atoms with van der Waals surface area (Å²) in [5.74, 6) is 0. The van der Waals surface area contributed by atoms with Gasteiger partial charge in [-0.25, -0.2) is 13.1 Å². The van der Waals surface area contributed by atoms with Crippen LogP contribution in [0.15, 0.2) is 4.90 Å². The van der Waals surface area contributed by atoms with Gasteiger partial charge in [-0.3, -0.25) is 5.10 Å². The Labute approximate surface area is 125 Å². The Morgan fingerprint density at radius 3 is 2.81 bits per heavy atom.